The fraction of sp³-hybridized carbons (Fsp3) is 0.550. The molecule has 4 nitrogen and oxygen atoms in total. The molecule has 0 bridgehead atoms. The summed E-state index contributed by atoms with van der Waals surface area (Å²) < 4.78 is 5.44. The lowest BCUT2D eigenvalue weighted by atomic mass is 9.96. The summed E-state index contributed by atoms with van der Waals surface area (Å²) in [6, 6.07) is 2.59. The van der Waals surface area contributed by atoms with E-state index in [9.17, 15) is 9.90 Å². The molecule has 2 aromatic rings. The number of fused-ring (bicyclic) bond motifs is 1. The molecule has 0 amide bonds. The van der Waals surface area contributed by atoms with E-state index >= 15 is 0 Å². The molecule has 1 atom stereocenters. The lowest BCUT2D eigenvalue weighted by Crippen LogP contribution is -2.38. The van der Waals surface area contributed by atoms with Crippen molar-refractivity contribution < 1.29 is 9.52 Å². The fourth-order valence-electron chi connectivity index (χ4n) is 3.86. The lowest BCUT2D eigenvalue weighted by Gasteiger charge is -2.35. The van der Waals surface area contributed by atoms with Crippen LogP contribution in [0.3, 0.4) is 0 Å². The van der Waals surface area contributed by atoms with Crippen molar-refractivity contribution in [3.05, 3.63) is 38.7 Å². The molecule has 24 heavy (non-hydrogen) atoms. The molecule has 1 unspecified atom stereocenters. The molecule has 1 N–H and O–H groups in total. The van der Waals surface area contributed by atoms with E-state index < -0.39 is 0 Å². The molecule has 1 saturated heterocycles. The molecule has 130 valence electrons. The zero-order valence-electron chi connectivity index (χ0n) is 15.1. The second kappa shape index (κ2) is 6.60. The number of likely N-dealkylation sites (tertiary alicyclic amines) is 1. The zero-order chi connectivity index (χ0) is 17.4. The normalized spacial score (nSPS) is 19.1. The van der Waals surface area contributed by atoms with Crippen molar-refractivity contribution in [2.75, 3.05) is 6.54 Å². The first-order valence-electron chi connectivity index (χ1n) is 8.93. The molecule has 1 aliphatic rings. The molecule has 0 spiro atoms. The number of aromatic hydroxyl groups is 1. The topological polar surface area (TPSA) is 53.7 Å². The molecular formula is C20H27NO3. The van der Waals surface area contributed by atoms with Crippen LogP contribution in [0.15, 0.2) is 15.3 Å². The maximum Gasteiger partial charge on any atom is 0.339 e. The van der Waals surface area contributed by atoms with E-state index in [0.29, 0.717) is 22.8 Å². The van der Waals surface area contributed by atoms with Gasteiger partial charge >= 0.3 is 5.63 Å². The predicted molar refractivity (Wildman–Crippen MR) is 96.7 cm³/mol. The minimum absolute atomic E-state index is 0.259. The summed E-state index contributed by atoms with van der Waals surface area (Å²) in [4.78, 5) is 14.4. The van der Waals surface area contributed by atoms with Gasteiger partial charge in [-0.15, -0.1) is 0 Å². The summed E-state index contributed by atoms with van der Waals surface area (Å²) in [5.74, 6) is 0.259. The predicted octanol–water partition coefficient (Wildman–Crippen LogP) is 4.19. The molecule has 2 heterocycles. The lowest BCUT2D eigenvalue weighted by molar-refractivity contribution is 0.135. The van der Waals surface area contributed by atoms with Crippen LogP contribution in [0.25, 0.3) is 11.0 Å². The van der Waals surface area contributed by atoms with Crippen LogP contribution < -0.4 is 5.63 Å². The smallest absolute Gasteiger partial charge is 0.339 e. The zero-order valence-corrected chi connectivity index (χ0v) is 15.1. The van der Waals surface area contributed by atoms with Gasteiger partial charge in [0.25, 0.3) is 0 Å². The van der Waals surface area contributed by atoms with E-state index in [2.05, 4.69) is 11.8 Å². The third kappa shape index (κ3) is 2.84. The summed E-state index contributed by atoms with van der Waals surface area (Å²) in [6.07, 6.45) is 4.88. The molecule has 0 radical (unpaired) electrons. The number of nitrogens with zero attached hydrogens (tertiary/aromatic N) is 1. The molecule has 1 aromatic carbocycles. The SMILES string of the molecule is CCC1CCCCN1Cc1cc2c(C)c(C)c(=O)oc2c(C)c1O. The number of phenols is 1. The second-order valence-electron chi connectivity index (χ2n) is 7.05. The van der Waals surface area contributed by atoms with E-state index in [0.717, 1.165) is 36.0 Å². The Labute approximate surface area is 143 Å². The first-order chi connectivity index (χ1) is 11.4. The van der Waals surface area contributed by atoms with Gasteiger partial charge in [-0.25, -0.2) is 4.79 Å². The third-order valence-corrected chi connectivity index (χ3v) is 5.62. The highest BCUT2D eigenvalue weighted by molar-refractivity contribution is 5.86. The van der Waals surface area contributed by atoms with E-state index in [4.69, 9.17) is 4.42 Å². The molecule has 4 heteroatoms. The van der Waals surface area contributed by atoms with Gasteiger partial charge in [-0.1, -0.05) is 13.3 Å². The summed E-state index contributed by atoms with van der Waals surface area (Å²) in [7, 11) is 0. The summed E-state index contributed by atoms with van der Waals surface area (Å²) in [5.41, 5.74) is 3.36. The molecule has 1 fully saturated rings. The molecule has 1 aliphatic heterocycles. The monoisotopic (exact) mass is 329 g/mol. The first kappa shape index (κ1) is 17.0. The number of hydrogen-bond donors (Lipinski definition) is 1. The van der Waals surface area contributed by atoms with Crippen LogP contribution in [-0.4, -0.2) is 22.6 Å². The van der Waals surface area contributed by atoms with Gasteiger partial charge in [0, 0.05) is 34.7 Å². The number of hydrogen-bond acceptors (Lipinski definition) is 4. The summed E-state index contributed by atoms with van der Waals surface area (Å²) >= 11 is 0. The van der Waals surface area contributed by atoms with Crippen LogP contribution >= 0.6 is 0 Å². The molecule has 3 rings (SSSR count). The Kier molecular flexibility index (Phi) is 4.68. The molecule has 0 aliphatic carbocycles. The van der Waals surface area contributed by atoms with Gasteiger partial charge in [-0.3, -0.25) is 4.90 Å². The molecular weight excluding hydrogens is 302 g/mol. The largest absolute Gasteiger partial charge is 0.507 e. The molecule has 0 saturated carbocycles. The Hall–Kier alpha value is -1.81. The van der Waals surface area contributed by atoms with Gasteiger partial charge in [0.2, 0.25) is 0 Å². The molecule has 1 aromatic heterocycles. The van der Waals surface area contributed by atoms with Crippen LogP contribution in [0, 0.1) is 20.8 Å². The first-order valence-corrected chi connectivity index (χ1v) is 8.93. The average molecular weight is 329 g/mol. The number of piperidine rings is 1. The highest BCUT2D eigenvalue weighted by atomic mass is 16.4. The van der Waals surface area contributed by atoms with Gasteiger partial charge in [0.1, 0.15) is 11.3 Å². The minimum atomic E-state index is -0.322. The average Bonchev–Trinajstić information content (AvgIpc) is 2.59. The van der Waals surface area contributed by atoms with Crippen LogP contribution in [0.5, 0.6) is 5.75 Å². The van der Waals surface area contributed by atoms with Gasteiger partial charge < -0.3 is 9.52 Å². The van der Waals surface area contributed by atoms with E-state index in [1.165, 1.54) is 19.3 Å². The number of aryl methyl sites for hydroxylation is 2. The summed E-state index contributed by atoms with van der Waals surface area (Å²) in [5, 5.41) is 11.6. The Balaban J connectivity index is 2.08. The maximum absolute atomic E-state index is 11.9. The Morgan fingerprint density at radius 1 is 1.21 bits per heavy atom. The van der Waals surface area contributed by atoms with Gasteiger partial charge in [-0.05, 0) is 58.2 Å². The summed E-state index contributed by atoms with van der Waals surface area (Å²) in [6.45, 7) is 9.63. The van der Waals surface area contributed by atoms with E-state index in [-0.39, 0.29) is 11.4 Å². The van der Waals surface area contributed by atoms with Crippen molar-refractivity contribution in [2.24, 2.45) is 0 Å². The van der Waals surface area contributed by atoms with Crippen LogP contribution in [0.4, 0.5) is 0 Å². The van der Waals surface area contributed by atoms with E-state index in [1.54, 1.807) is 6.92 Å². The van der Waals surface area contributed by atoms with Crippen LogP contribution in [-0.2, 0) is 6.54 Å². The highest BCUT2D eigenvalue weighted by Gasteiger charge is 2.23. The number of rotatable bonds is 3. The Bertz CT molecular complexity index is 822. The van der Waals surface area contributed by atoms with Gasteiger partial charge in [-0.2, -0.15) is 0 Å². The maximum atomic E-state index is 11.9. The Morgan fingerprint density at radius 2 is 1.96 bits per heavy atom. The third-order valence-electron chi connectivity index (χ3n) is 5.62. The van der Waals surface area contributed by atoms with Crippen molar-refractivity contribution >= 4 is 11.0 Å². The van der Waals surface area contributed by atoms with E-state index in [1.807, 2.05) is 19.9 Å². The van der Waals surface area contributed by atoms with Crippen LogP contribution in [0.1, 0.15) is 54.9 Å². The minimum Gasteiger partial charge on any atom is -0.507 e. The standard InChI is InChI=1S/C20H27NO3/c1-5-16-8-6-7-9-21(16)11-15-10-17-12(2)13(3)20(23)24-19(17)14(4)18(15)22/h10,16,22H,5-9,11H2,1-4H3. The van der Waals surface area contributed by atoms with Gasteiger partial charge in [0.15, 0.2) is 0 Å². The number of benzene rings is 1. The van der Waals surface area contributed by atoms with Crippen molar-refractivity contribution in [1.29, 1.82) is 0 Å². The van der Waals surface area contributed by atoms with Crippen molar-refractivity contribution in [2.45, 2.75) is 66.0 Å². The quantitative estimate of drug-likeness (QED) is 0.858. The van der Waals surface area contributed by atoms with Gasteiger partial charge in [0.05, 0.1) is 0 Å². The Morgan fingerprint density at radius 3 is 2.67 bits per heavy atom. The van der Waals surface area contributed by atoms with Crippen LogP contribution in [0.2, 0.25) is 0 Å². The van der Waals surface area contributed by atoms with Crippen molar-refractivity contribution in [3.63, 3.8) is 0 Å². The van der Waals surface area contributed by atoms with Crippen molar-refractivity contribution in [3.8, 4) is 5.75 Å². The van der Waals surface area contributed by atoms with Crippen molar-refractivity contribution in [1.82, 2.24) is 4.90 Å². The second-order valence-corrected chi connectivity index (χ2v) is 7.05. The number of phenolic OH excluding ortho intramolecular Hbond substituents is 1. The highest BCUT2D eigenvalue weighted by Crippen LogP contribution is 2.34. The fourth-order valence-corrected chi connectivity index (χ4v) is 3.86.